The van der Waals surface area contributed by atoms with E-state index in [1.165, 1.54) is 6.42 Å². The maximum atomic E-state index is 13.3. The third-order valence-electron chi connectivity index (χ3n) is 6.17. The molecule has 0 aromatic heterocycles. The van der Waals surface area contributed by atoms with E-state index in [0.717, 1.165) is 18.4 Å². The van der Waals surface area contributed by atoms with Gasteiger partial charge in [-0.2, -0.15) is 0 Å². The lowest BCUT2D eigenvalue weighted by atomic mass is 9.75. The number of ether oxygens (including phenoxy) is 1. The molecule has 2 aromatic carbocycles. The van der Waals surface area contributed by atoms with Gasteiger partial charge in [-0.05, 0) is 42.6 Å². The van der Waals surface area contributed by atoms with Crippen molar-refractivity contribution in [3.8, 4) is 0 Å². The first kappa shape index (κ1) is 21.3. The summed E-state index contributed by atoms with van der Waals surface area (Å²) in [6.45, 7) is 6.60. The first-order chi connectivity index (χ1) is 14.0. The summed E-state index contributed by atoms with van der Waals surface area (Å²) in [5.41, 5.74) is 1.53. The van der Waals surface area contributed by atoms with Gasteiger partial charge in [0.05, 0.1) is 0 Å². The lowest BCUT2D eigenvalue weighted by molar-refractivity contribution is -0.159. The zero-order chi connectivity index (χ0) is 20.8. The van der Waals surface area contributed by atoms with Crippen molar-refractivity contribution in [2.45, 2.75) is 52.6 Å². The lowest BCUT2D eigenvalue weighted by Crippen LogP contribution is -2.39. The summed E-state index contributed by atoms with van der Waals surface area (Å²) >= 11 is 0. The molecule has 1 aliphatic carbocycles. The Balaban J connectivity index is 1.82. The molecule has 29 heavy (non-hydrogen) atoms. The van der Waals surface area contributed by atoms with Crippen LogP contribution in [0.1, 0.15) is 56.0 Å². The van der Waals surface area contributed by atoms with Crippen molar-refractivity contribution in [3.05, 3.63) is 71.8 Å². The van der Waals surface area contributed by atoms with Gasteiger partial charge in [0, 0.05) is 5.56 Å². The molecular weight excluding hydrogens is 360 g/mol. The number of hydrogen-bond donors (Lipinski definition) is 0. The van der Waals surface area contributed by atoms with Crippen molar-refractivity contribution in [2.24, 2.45) is 23.7 Å². The minimum atomic E-state index is -0.815. The Morgan fingerprint density at radius 1 is 0.966 bits per heavy atom. The monoisotopic (exact) mass is 392 g/mol. The van der Waals surface area contributed by atoms with E-state index in [4.69, 9.17) is 4.74 Å². The number of ketones is 1. The van der Waals surface area contributed by atoms with Crippen molar-refractivity contribution in [1.29, 1.82) is 0 Å². The van der Waals surface area contributed by atoms with Gasteiger partial charge in [-0.1, -0.05) is 87.9 Å². The zero-order valence-corrected chi connectivity index (χ0v) is 17.7. The minimum absolute atomic E-state index is 0.104. The maximum Gasteiger partial charge on any atom is 0.317 e. The van der Waals surface area contributed by atoms with Crippen LogP contribution >= 0.6 is 0 Å². The number of benzene rings is 2. The fourth-order valence-corrected chi connectivity index (χ4v) is 4.42. The van der Waals surface area contributed by atoms with Crippen molar-refractivity contribution in [1.82, 2.24) is 0 Å². The Labute approximate surface area is 174 Å². The summed E-state index contributed by atoms with van der Waals surface area (Å²) in [6.07, 6.45) is 3.39. The van der Waals surface area contributed by atoms with Crippen LogP contribution in [0.4, 0.5) is 0 Å². The van der Waals surface area contributed by atoms with Gasteiger partial charge < -0.3 is 4.74 Å². The van der Waals surface area contributed by atoms with Crippen LogP contribution in [0.15, 0.2) is 60.7 Å². The normalized spacial score (nSPS) is 22.8. The molecule has 1 fully saturated rings. The van der Waals surface area contributed by atoms with Gasteiger partial charge in [0.2, 0.25) is 0 Å². The molecule has 1 saturated carbocycles. The van der Waals surface area contributed by atoms with Crippen LogP contribution in [0.3, 0.4) is 0 Å². The van der Waals surface area contributed by atoms with E-state index < -0.39 is 5.92 Å². The van der Waals surface area contributed by atoms with Crippen LogP contribution in [0.5, 0.6) is 0 Å². The summed E-state index contributed by atoms with van der Waals surface area (Å²) in [6, 6.07) is 18.8. The van der Waals surface area contributed by atoms with Crippen LogP contribution in [0, 0.1) is 23.7 Å². The van der Waals surface area contributed by atoms with Gasteiger partial charge >= 0.3 is 5.97 Å². The van der Waals surface area contributed by atoms with E-state index in [1.54, 1.807) is 12.1 Å². The van der Waals surface area contributed by atoms with Crippen molar-refractivity contribution < 1.29 is 14.3 Å². The van der Waals surface area contributed by atoms with Gasteiger partial charge in [-0.3, -0.25) is 9.59 Å². The lowest BCUT2D eigenvalue weighted by Gasteiger charge is -2.37. The molecule has 3 nitrogen and oxygen atoms in total. The summed E-state index contributed by atoms with van der Waals surface area (Å²) in [7, 11) is 0. The van der Waals surface area contributed by atoms with Crippen LogP contribution in [-0.2, 0) is 16.0 Å². The van der Waals surface area contributed by atoms with Crippen LogP contribution in [0.2, 0.25) is 0 Å². The molecule has 2 aromatic rings. The minimum Gasteiger partial charge on any atom is -0.461 e. The van der Waals surface area contributed by atoms with E-state index in [2.05, 4.69) is 20.8 Å². The number of esters is 1. The second kappa shape index (κ2) is 9.87. The average molecular weight is 393 g/mol. The smallest absolute Gasteiger partial charge is 0.317 e. The number of carbonyl (C=O) groups excluding carboxylic acids is 2. The molecule has 0 saturated heterocycles. The molecule has 1 aliphatic rings. The summed E-state index contributed by atoms with van der Waals surface area (Å²) in [5.74, 6) is -0.000965. The van der Waals surface area contributed by atoms with Gasteiger partial charge in [0.1, 0.15) is 12.0 Å². The predicted molar refractivity (Wildman–Crippen MR) is 116 cm³/mol. The third-order valence-corrected chi connectivity index (χ3v) is 6.17. The Morgan fingerprint density at radius 3 is 2.21 bits per heavy atom. The highest BCUT2D eigenvalue weighted by Crippen LogP contribution is 2.36. The van der Waals surface area contributed by atoms with Crippen molar-refractivity contribution in [3.63, 3.8) is 0 Å². The molecule has 0 bridgehead atoms. The Morgan fingerprint density at radius 2 is 1.59 bits per heavy atom. The van der Waals surface area contributed by atoms with Crippen LogP contribution in [-0.4, -0.2) is 17.9 Å². The zero-order valence-electron chi connectivity index (χ0n) is 17.7. The van der Waals surface area contributed by atoms with Crippen LogP contribution in [0.25, 0.3) is 0 Å². The van der Waals surface area contributed by atoms with Gasteiger partial charge in [0.15, 0.2) is 5.78 Å². The number of Topliss-reactive ketones (excluding diaryl/α,β-unsaturated/α-hetero) is 1. The van der Waals surface area contributed by atoms with Gasteiger partial charge in [-0.25, -0.2) is 0 Å². The predicted octanol–water partition coefficient (Wildman–Crippen LogP) is 5.73. The highest BCUT2D eigenvalue weighted by molar-refractivity contribution is 6.08. The first-order valence-corrected chi connectivity index (χ1v) is 10.8. The molecule has 4 atom stereocenters. The van der Waals surface area contributed by atoms with Gasteiger partial charge in [-0.15, -0.1) is 0 Å². The third kappa shape index (κ3) is 5.56. The molecule has 3 heteroatoms. The van der Waals surface area contributed by atoms with E-state index in [1.807, 2.05) is 48.5 Å². The Kier molecular flexibility index (Phi) is 7.24. The highest BCUT2D eigenvalue weighted by Gasteiger charge is 2.37. The average Bonchev–Trinajstić information content (AvgIpc) is 2.72. The fraction of sp³-hybridized carbons (Fsp3) is 0.462. The van der Waals surface area contributed by atoms with E-state index in [9.17, 15) is 9.59 Å². The van der Waals surface area contributed by atoms with E-state index in [-0.39, 0.29) is 17.9 Å². The SMILES string of the molecule is CC(C)[C@@H]1CC[C@@H](C)C[C@H]1OC(=O)C(Cc1ccccc1)C(=O)c1ccccc1. The van der Waals surface area contributed by atoms with E-state index >= 15 is 0 Å². The van der Waals surface area contributed by atoms with Crippen molar-refractivity contribution >= 4 is 11.8 Å². The molecule has 0 spiro atoms. The summed E-state index contributed by atoms with van der Waals surface area (Å²) < 4.78 is 6.05. The second-order valence-corrected chi connectivity index (χ2v) is 8.77. The number of carbonyl (C=O) groups is 2. The molecule has 0 N–H and O–H groups in total. The summed E-state index contributed by atoms with van der Waals surface area (Å²) in [5, 5.41) is 0. The molecule has 154 valence electrons. The standard InChI is InChI=1S/C26H32O3/c1-18(2)22-15-14-19(3)16-24(22)29-26(28)23(17-20-10-6-4-7-11-20)25(27)21-12-8-5-9-13-21/h4-13,18-19,22-24H,14-17H2,1-3H3/t19-,22+,23?,24-/m1/s1. The topological polar surface area (TPSA) is 43.4 Å². The number of rotatable bonds is 7. The largest absolute Gasteiger partial charge is 0.461 e. The fourth-order valence-electron chi connectivity index (χ4n) is 4.42. The molecule has 1 unspecified atom stereocenters. The Bertz CT molecular complexity index is 797. The quantitative estimate of drug-likeness (QED) is 0.343. The molecule has 0 radical (unpaired) electrons. The Hall–Kier alpha value is -2.42. The molecule has 0 heterocycles. The summed E-state index contributed by atoms with van der Waals surface area (Å²) in [4.78, 5) is 26.5. The van der Waals surface area contributed by atoms with Crippen molar-refractivity contribution in [2.75, 3.05) is 0 Å². The molecular formula is C26H32O3. The van der Waals surface area contributed by atoms with Crippen LogP contribution < -0.4 is 0 Å². The van der Waals surface area contributed by atoms with Gasteiger partial charge in [0.25, 0.3) is 0 Å². The maximum absolute atomic E-state index is 13.3. The van der Waals surface area contributed by atoms with E-state index in [0.29, 0.717) is 29.7 Å². The second-order valence-electron chi connectivity index (χ2n) is 8.77. The molecule has 0 amide bonds. The molecule has 0 aliphatic heterocycles. The first-order valence-electron chi connectivity index (χ1n) is 10.8. The highest BCUT2D eigenvalue weighted by atomic mass is 16.5. The number of hydrogen-bond acceptors (Lipinski definition) is 3. The molecule has 3 rings (SSSR count).